The molecule has 0 saturated carbocycles. The molecule has 2 rings (SSSR count). The van der Waals surface area contributed by atoms with E-state index in [1.54, 1.807) is 0 Å². The summed E-state index contributed by atoms with van der Waals surface area (Å²) in [5.41, 5.74) is 2.30. The zero-order valence-corrected chi connectivity index (χ0v) is 10.7. The van der Waals surface area contributed by atoms with Crippen molar-refractivity contribution in [3.8, 4) is 0 Å². The molecule has 3 nitrogen and oxygen atoms in total. The van der Waals surface area contributed by atoms with Crippen LogP contribution in [0.5, 0.6) is 0 Å². The average Bonchev–Trinajstić information content (AvgIpc) is 2.56. The molecule has 88 valence electrons. The molecule has 1 N–H and O–H groups in total. The number of aromatic nitrogens is 2. The number of halogens is 1. The lowest BCUT2D eigenvalue weighted by Crippen LogP contribution is -2.13. The number of nitrogens with one attached hydrogen (secondary N) is 1. The SMILES string of the molecule is CNCc1nc2ccccc2n1C(C)C.Cl. The number of hydrogen-bond donors (Lipinski definition) is 1. The molecule has 0 radical (unpaired) electrons. The molecular formula is C12H18ClN3. The van der Waals surface area contributed by atoms with Crippen LogP contribution in [0.4, 0.5) is 0 Å². The molecule has 4 heteroatoms. The summed E-state index contributed by atoms with van der Waals surface area (Å²) in [7, 11) is 1.95. The van der Waals surface area contributed by atoms with Crippen LogP contribution in [0.2, 0.25) is 0 Å². The third kappa shape index (κ3) is 2.20. The first-order valence-electron chi connectivity index (χ1n) is 5.34. The van der Waals surface area contributed by atoms with Crippen molar-refractivity contribution < 1.29 is 0 Å². The van der Waals surface area contributed by atoms with E-state index in [0.29, 0.717) is 6.04 Å². The molecule has 2 aromatic rings. The van der Waals surface area contributed by atoms with E-state index < -0.39 is 0 Å². The highest BCUT2D eigenvalue weighted by Crippen LogP contribution is 2.20. The summed E-state index contributed by atoms with van der Waals surface area (Å²) in [6.45, 7) is 5.19. The molecule has 1 aromatic heterocycles. The Morgan fingerprint density at radius 1 is 1.31 bits per heavy atom. The van der Waals surface area contributed by atoms with E-state index in [2.05, 4.69) is 46.9 Å². The highest BCUT2D eigenvalue weighted by Gasteiger charge is 2.11. The van der Waals surface area contributed by atoms with Gasteiger partial charge in [0.15, 0.2) is 0 Å². The summed E-state index contributed by atoms with van der Waals surface area (Å²) in [5, 5.41) is 3.16. The number of nitrogens with zero attached hydrogens (tertiary/aromatic N) is 2. The van der Waals surface area contributed by atoms with Gasteiger partial charge in [0.25, 0.3) is 0 Å². The van der Waals surface area contributed by atoms with E-state index in [1.165, 1.54) is 5.52 Å². The minimum Gasteiger partial charge on any atom is -0.324 e. The number of para-hydroxylation sites is 2. The van der Waals surface area contributed by atoms with Gasteiger partial charge in [-0.25, -0.2) is 4.98 Å². The molecular weight excluding hydrogens is 222 g/mol. The van der Waals surface area contributed by atoms with Crippen LogP contribution in [0.3, 0.4) is 0 Å². The molecule has 1 aromatic carbocycles. The molecule has 0 atom stereocenters. The summed E-state index contributed by atoms with van der Waals surface area (Å²) in [5.74, 6) is 1.11. The van der Waals surface area contributed by atoms with Gasteiger partial charge < -0.3 is 9.88 Å². The van der Waals surface area contributed by atoms with Crippen LogP contribution >= 0.6 is 12.4 Å². The maximum atomic E-state index is 4.62. The second-order valence-corrected chi connectivity index (χ2v) is 4.01. The first-order chi connectivity index (χ1) is 7.24. The van der Waals surface area contributed by atoms with E-state index in [-0.39, 0.29) is 12.4 Å². The molecule has 0 amide bonds. The third-order valence-electron chi connectivity index (χ3n) is 2.52. The number of imidazole rings is 1. The van der Waals surface area contributed by atoms with E-state index >= 15 is 0 Å². The van der Waals surface area contributed by atoms with Crippen molar-refractivity contribution in [3.05, 3.63) is 30.1 Å². The van der Waals surface area contributed by atoms with Crippen molar-refractivity contribution in [2.75, 3.05) is 7.05 Å². The van der Waals surface area contributed by atoms with Crippen molar-refractivity contribution >= 4 is 23.4 Å². The predicted octanol–water partition coefficient (Wildman–Crippen LogP) is 2.76. The van der Waals surface area contributed by atoms with Crippen LogP contribution in [0.15, 0.2) is 24.3 Å². The molecule has 0 unspecified atom stereocenters. The smallest absolute Gasteiger partial charge is 0.124 e. The Hall–Kier alpha value is -1.06. The standard InChI is InChI=1S/C12H17N3.ClH/c1-9(2)15-11-7-5-4-6-10(11)14-12(15)8-13-3;/h4-7,9,13H,8H2,1-3H3;1H. The third-order valence-corrected chi connectivity index (χ3v) is 2.52. The summed E-state index contributed by atoms with van der Waals surface area (Å²) in [6, 6.07) is 8.73. The fourth-order valence-corrected chi connectivity index (χ4v) is 1.95. The zero-order chi connectivity index (χ0) is 10.8. The largest absolute Gasteiger partial charge is 0.324 e. The van der Waals surface area contributed by atoms with Gasteiger partial charge in [-0.1, -0.05) is 12.1 Å². The number of rotatable bonds is 3. The van der Waals surface area contributed by atoms with Gasteiger partial charge >= 0.3 is 0 Å². The van der Waals surface area contributed by atoms with Crippen molar-refractivity contribution in [1.29, 1.82) is 0 Å². The van der Waals surface area contributed by atoms with E-state index in [1.807, 2.05) is 13.1 Å². The topological polar surface area (TPSA) is 29.9 Å². The summed E-state index contributed by atoms with van der Waals surface area (Å²) < 4.78 is 2.28. The quantitative estimate of drug-likeness (QED) is 0.893. The van der Waals surface area contributed by atoms with Gasteiger partial charge in [0.05, 0.1) is 17.6 Å². The van der Waals surface area contributed by atoms with Crippen LogP contribution in [-0.4, -0.2) is 16.6 Å². The highest BCUT2D eigenvalue weighted by atomic mass is 35.5. The summed E-state index contributed by atoms with van der Waals surface area (Å²) in [4.78, 5) is 4.62. The summed E-state index contributed by atoms with van der Waals surface area (Å²) in [6.07, 6.45) is 0. The van der Waals surface area contributed by atoms with Crippen molar-refractivity contribution in [2.45, 2.75) is 26.4 Å². The number of benzene rings is 1. The van der Waals surface area contributed by atoms with Gasteiger partial charge in [-0.2, -0.15) is 0 Å². The number of hydrogen-bond acceptors (Lipinski definition) is 2. The van der Waals surface area contributed by atoms with Crippen LogP contribution in [0, 0.1) is 0 Å². The Morgan fingerprint density at radius 3 is 2.62 bits per heavy atom. The van der Waals surface area contributed by atoms with Crippen molar-refractivity contribution in [2.24, 2.45) is 0 Å². The van der Waals surface area contributed by atoms with Gasteiger partial charge in [0.2, 0.25) is 0 Å². The minimum atomic E-state index is 0. The van der Waals surface area contributed by atoms with Gasteiger partial charge in [0, 0.05) is 6.04 Å². The first kappa shape index (κ1) is 13.0. The van der Waals surface area contributed by atoms with Crippen LogP contribution < -0.4 is 5.32 Å². The maximum Gasteiger partial charge on any atom is 0.124 e. The molecule has 0 spiro atoms. The molecule has 16 heavy (non-hydrogen) atoms. The van der Waals surface area contributed by atoms with Gasteiger partial charge in [-0.05, 0) is 33.0 Å². The Morgan fingerprint density at radius 2 is 2.00 bits per heavy atom. The fraction of sp³-hybridized carbons (Fsp3) is 0.417. The Labute approximate surface area is 102 Å². The molecule has 0 aliphatic rings. The predicted molar refractivity (Wildman–Crippen MR) is 70.1 cm³/mol. The normalized spacial score (nSPS) is 10.8. The highest BCUT2D eigenvalue weighted by molar-refractivity contribution is 5.85. The lowest BCUT2D eigenvalue weighted by Gasteiger charge is -2.12. The first-order valence-corrected chi connectivity index (χ1v) is 5.34. The molecule has 0 aliphatic carbocycles. The summed E-state index contributed by atoms with van der Waals surface area (Å²) >= 11 is 0. The van der Waals surface area contributed by atoms with E-state index in [4.69, 9.17) is 0 Å². The van der Waals surface area contributed by atoms with E-state index in [0.717, 1.165) is 17.9 Å². The van der Waals surface area contributed by atoms with Gasteiger partial charge in [-0.3, -0.25) is 0 Å². The molecule has 0 aliphatic heterocycles. The molecule has 0 fully saturated rings. The molecule has 1 heterocycles. The molecule has 0 bridgehead atoms. The van der Waals surface area contributed by atoms with Crippen LogP contribution in [0.25, 0.3) is 11.0 Å². The van der Waals surface area contributed by atoms with Crippen molar-refractivity contribution in [3.63, 3.8) is 0 Å². The number of fused-ring (bicyclic) bond motifs is 1. The monoisotopic (exact) mass is 239 g/mol. The average molecular weight is 240 g/mol. The minimum absolute atomic E-state index is 0. The van der Waals surface area contributed by atoms with E-state index in [9.17, 15) is 0 Å². The van der Waals surface area contributed by atoms with Crippen molar-refractivity contribution in [1.82, 2.24) is 14.9 Å². The lowest BCUT2D eigenvalue weighted by molar-refractivity contribution is 0.570. The zero-order valence-electron chi connectivity index (χ0n) is 9.90. The lowest BCUT2D eigenvalue weighted by atomic mass is 10.3. The Bertz CT molecular complexity index is 462. The fourth-order valence-electron chi connectivity index (χ4n) is 1.95. The molecule has 0 saturated heterocycles. The second kappa shape index (κ2) is 5.32. The van der Waals surface area contributed by atoms with Crippen LogP contribution in [0.1, 0.15) is 25.7 Å². The van der Waals surface area contributed by atoms with Gasteiger partial charge in [-0.15, -0.1) is 12.4 Å². The Kier molecular flexibility index (Phi) is 4.33. The van der Waals surface area contributed by atoms with Gasteiger partial charge in [0.1, 0.15) is 5.82 Å². The van der Waals surface area contributed by atoms with Crippen LogP contribution in [-0.2, 0) is 6.54 Å². The Balaban J connectivity index is 0.00000128. The maximum absolute atomic E-state index is 4.62. The second-order valence-electron chi connectivity index (χ2n) is 4.01.